The Morgan fingerprint density at radius 3 is 2.75 bits per heavy atom. The highest BCUT2D eigenvalue weighted by atomic mass is 35.5. The Labute approximate surface area is 124 Å². The summed E-state index contributed by atoms with van der Waals surface area (Å²) >= 11 is 6.11. The molecule has 1 unspecified atom stereocenters. The molecule has 0 aliphatic rings. The van der Waals surface area contributed by atoms with E-state index >= 15 is 0 Å². The standard InChI is InChI=1S/C16H18ClFN2/c1-3-11-10-20-7-6-14(11)16(19-2)8-12-4-5-13(18)9-15(12)17/h4-7,9-10,16,19H,3,8H2,1-2H3. The van der Waals surface area contributed by atoms with Crippen molar-refractivity contribution in [2.75, 3.05) is 7.05 Å². The van der Waals surface area contributed by atoms with Gasteiger partial charge in [-0.3, -0.25) is 4.98 Å². The molecule has 1 heterocycles. The van der Waals surface area contributed by atoms with Crippen LogP contribution in [0.2, 0.25) is 5.02 Å². The largest absolute Gasteiger partial charge is 0.313 e. The first-order chi connectivity index (χ1) is 9.65. The number of likely N-dealkylation sites (N-methyl/N-ethyl adjacent to an activating group) is 1. The summed E-state index contributed by atoms with van der Waals surface area (Å²) in [5.41, 5.74) is 3.36. The van der Waals surface area contributed by atoms with E-state index in [4.69, 9.17) is 11.6 Å². The molecule has 1 aromatic heterocycles. The maximum Gasteiger partial charge on any atom is 0.124 e. The summed E-state index contributed by atoms with van der Waals surface area (Å²) in [6, 6.07) is 6.71. The monoisotopic (exact) mass is 292 g/mol. The van der Waals surface area contributed by atoms with E-state index in [0.29, 0.717) is 11.4 Å². The van der Waals surface area contributed by atoms with Gasteiger partial charge in [0.05, 0.1) is 0 Å². The van der Waals surface area contributed by atoms with Crippen LogP contribution in [-0.4, -0.2) is 12.0 Å². The zero-order valence-corrected chi connectivity index (χ0v) is 12.4. The molecule has 0 bridgehead atoms. The average Bonchev–Trinajstić information content (AvgIpc) is 2.46. The molecule has 0 amide bonds. The first-order valence-corrected chi connectivity index (χ1v) is 7.07. The Morgan fingerprint density at radius 1 is 1.30 bits per heavy atom. The van der Waals surface area contributed by atoms with E-state index < -0.39 is 0 Å². The summed E-state index contributed by atoms with van der Waals surface area (Å²) in [6.07, 6.45) is 5.34. The first kappa shape index (κ1) is 14.9. The van der Waals surface area contributed by atoms with Crippen LogP contribution in [0.1, 0.15) is 29.7 Å². The molecule has 4 heteroatoms. The number of halogens is 2. The fraction of sp³-hybridized carbons (Fsp3) is 0.312. The third kappa shape index (κ3) is 3.35. The van der Waals surface area contributed by atoms with E-state index in [1.807, 2.05) is 19.3 Å². The highest BCUT2D eigenvalue weighted by Crippen LogP contribution is 2.26. The Hall–Kier alpha value is -1.45. The zero-order valence-electron chi connectivity index (χ0n) is 11.7. The SMILES string of the molecule is CCc1cnccc1C(Cc1ccc(F)cc1Cl)NC. The van der Waals surface area contributed by atoms with Crippen LogP contribution < -0.4 is 5.32 Å². The van der Waals surface area contributed by atoms with Gasteiger partial charge in [0.1, 0.15) is 5.82 Å². The number of hydrogen-bond donors (Lipinski definition) is 1. The van der Waals surface area contributed by atoms with Crippen LogP contribution in [0.25, 0.3) is 0 Å². The third-order valence-corrected chi connectivity index (χ3v) is 3.84. The van der Waals surface area contributed by atoms with Crippen molar-refractivity contribution in [3.8, 4) is 0 Å². The van der Waals surface area contributed by atoms with Crippen LogP contribution in [0.15, 0.2) is 36.7 Å². The van der Waals surface area contributed by atoms with Crippen molar-refractivity contribution >= 4 is 11.6 Å². The molecule has 2 rings (SSSR count). The minimum absolute atomic E-state index is 0.135. The van der Waals surface area contributed by atoms with Gasteiger partial charge in [0.15, 0.2) is 0 Å². The molecule has 0 radical (unpaired) electrons. The maximum atomic E-state index is 13.1. The molecule has 106 valence electrons. The van der Waals surface area contributed by atoms with E-state index in [9.17, 15) is 4.39 Å². The van der Waals surface area contributed by atoms with Gasteiger partial charge in [-0.1, -0.05) is 24.6 Å². The Bertz CT molecular complexity index is 586. The number of pyridine rings is 1. The minimum atomic E-state index is -0.307. The van der Waals surface area contributed by atoms with Gasteiger partial charge in [0, 0.05) is 23.5 Å². The van der Waals surface area contributed by atoms with E-state index in [2.05, 4.69) is 17.2 Å². The first-order valence-electron chi connectivity index (χ1n) is 6.69. The molecule has 1 N–H and O–H groups in total. The topological polar surface area (TPSA) is 24.9 Å². The number of nitrogens with zero attached hydrogens (tertiary/aromatic N) is 1. The number of benzene rings is 1. The predicted molar refractivity (Wildman–Crippen MR) is 80.5 cm³/mol. The van der Waals surface area contributed by atoms with Gasteiger partial charge in [-0.05, 0) is 54.8 Å². The van der Waals surface area contributed by atoms with Gasteiger partial charge in [0.25, 0.3) is 0 Å². The lowest BCUT2D eigenvalue weighted by atomic mass is 9.95. The van der Waals surface area contributed by atoms with Gasteiger partial charge in [-0.25, -0.2) is 4.39 Å². The quantitative estimate of drug-likeness (QED) is 0.903. The summed E-state index contributed by atoms with van der Waals surface area (Å²) in [4.78, 5) is 4.17. The summed E-state index contributed by atoms with van der Waals surface area (Å²) in [7, 11) is 1.92. The highest BCUT2D eigenvalue weighted by molar-refractivity contribution is 6.31. The van der Waals surface area contributed by atoms with Gasteiger partial charge in [-0.2, -0.15) is 0 Å². The lowest BCUT2D eigenvalue weighted by Crippen LogP contribution is -2.20. The molecule has 0 aliphatic heterocycles. The molecule has 2 aromatic rings. The fourth-order valence-corrected chi connectivity index (χ4v) is 2.59. The molecular formula is C16H18ClFN2. The number of nitrogens with one attached hydrogen (secondary N) is 1. The zero-order chi connectivity index (χ0) is 14.5. The smallest absolute Gasteiger partial charge is 0.124 e. The fourth-order valence-electron chi connectivity index (χ4n) is 2.35. The van der Waals surface area contributed by atoms with Crippen molar-refractivity contribution in [2.45, 2.75) is 25.8 Å². The minimum Gasteiger partial charge on any atom is -0.313 e. The summed E-state index contributed by atoms with van der Waals surface area (Å²) in [5, 5.41) is 3.77. The number of aromatic nitrogens is 1. The van der Waals surface area contributed by atoms with Crippen molar-refractivity contribution < 1.29 is 4.39 Å². The molecule has 0 aliphatic carbocycles. The molecule has 0 saturated heterocycles. The summed E-state index contributed by atoms with van der Waals surface area (Å²) in [5.74, 6) is -0.307. The Balaban J connectivity index is 2.29. The predicted octanol–water partition coefficient (Wildman–Crippen LogP) is 3.94. The lowest BCUT2D eigenvalue weighted by molar-refractivity contribution is 0.583. The second-order valence-corrected chi connectivity index (χ2v) is 5.12. The molecule has 0 spiro atoms. The maximum absolute atomic E-state index is 13.1. The third-order valence-electron chi connectivity index (χ3n) is 3.49. The lowest BCUT2D eigenvalue weighted by Gasteiger charge is -2.20. The van der Waals surface area contributed by atoms with Crippen LogP contribution in [0.4, 0.5) is 4.39 Å². The molecule has 0 fully saturated rings. The number of rotatable bonds is 5. The van der Waals surface area contributed by atoms with Gasteiger partial charge >= 0.3 is 0 Å². The molecule has 2 nitrogen and oxygen atoms in total. The van der Waals surface area contributed by atoms with Gasteiger partial charge in [-0.15, -0.1) is 0 Å². The molecule has 20 heavy (non-hydrogen) atoms. The average molecular weight is 293 g/mol. The van der Waals surface area contributed by atoms with E-state index in [-0.39, 0.29) is 11.9 Å². The van der Waals surface area contributed by atoms with Crippen molar-refractivity contribution in [3.05, 3.63) is 64.2 Å². The molecule has 1 atom stereocenters. The Kier molecular flexibility index (Phi) is 5.10. The number of aryl methyl sites for hydroxylation is 1. The summed E-state index contributed by atoms with van der Waals surface area (Å²) in [6.45, 7) is 2.11. The highest BCUT2D eigenvalue weighted by Gasteiger charge is 2.15. The number of hydrogen-bond acceptors (Lipinski definition) is 2. The van der Waals surface area contributed by atoms with Crippen molar-refractivity contribution in [1.29, 1.82) is 0 Å². The second-order valence-electron chi connectivity index (χ2n) is 4.71. The molecule has 0 saturated carbocycles. The van der Waals surface area contributed by atoms with Crippen LogP contribution in [0, 0.1) is 5.82 Å². The van der Waals surface area contributed by atoms with Crippen LogP contribution in [0.5, 0.6) is 0 Å². The van der Waals surface area contributed by atoms with Crippen LogP contribution >= 0.6 is 11.6 Å². The van der Waals surface area contributed by atoms with Gasteiger partial charge in [0.2, 0.25) is 0 Å². The second kappa shape index (κ2) is 6.82. The van der Waals surface area contributed by atoms with Crippen molar-refractivity contribution in [1.82, 2.24) is 10.3 Å². The van der Waals surface area contributed by atoms with Crippen molar-refractivity contribution in [2.24, 2.45) is 0 Å². The van der Waals surface area contributed by atoms with Crippen molar-refractivity contribution in [3.63, 3.8) is 0 Å². The normalized spacial score (nSPS) is 12.4. The summed E-state index contributed by atoms with van der Waals surface area (Å²) < 4.78 is 13.1. The van der Waals surface area contributed by atoms with E-state index in [1.54, 1.807) is 12.3 Å². The van der Waals surface area contributed by atoms with E-state index in [0.717, 1.165) is 12.0 Å². The van der Waals surface area contributed by atoms with Gasteiger partial charge < -0.3 is 5.32 Å². The molecule has 1 aromatic carbocycles. The van der Waals surface area contributed by atoms with Crippen LogP contribution in [0.3, 0.4) is 0 Å². The Morgan fingerprint density at radius 2 is 2.10 bits per heavy atom. The van der Waals surface area contributed by atoms with Crippen LogP contribution in [-0.2, 0) is 12.8 Å². The molecular weight excluding hydrogens is 275 g/mol. The van der Waals surface area contributed by atoms with E-state index in [1.165, 1.54) is 23.3 Å².